The first kappa shape index (κ1) is 16.3. The van der Waals surface area contributed by atoms with Crippen LogP contribution in [0.1, 0.15) is 44.2 Å². The van der Waals surface area contributed by atoms with Crippen LogP contribution in [0.25, 0.3) is 0 Å². The van der Waals surface area contributed by atoms with E-state index in [2.05, 4.69) is 34.8 Å². The van der Waals surface area contributed by atoms with E-state index in [4.69, 9.17) is 17.3 Å². The number of hydrogen-bond acceptors (Lipinski definition) is 2. The molecule has 1 fully saturated rings. The summed E-state index contributed by atoms with van der Waals surface area (Å²) >= 11 is 9.80. The minimum absolute atomic E-state index is 0.216. The second kappa shape index (κ2) is 7.26. The highest BCUT2D eigenvalue weighted by Crippen LogP contribution is 2.35. The zero-order valence-corrected chi connectivity index (χ0v) is 14.6. The highest BCUT2D eigenvalue weighted by Gasteiger charge is 2.30. The van der Waals surface area contributed by atoms with Crippen molar-refractivity contribution in [2.45, 2.75) is 44.7 Å². The van der Waals surface area contributed by atoms with Crippen molar-refractivity contribution >= 4 is 27.5 Å². The fourth-order valence-corrected chi connectivity index (χ4v) is 4.11. The third-order valence-electron chi connectivity index (χ3n) is 4.62. The van der Waals surface area contributed by atoms with E-state index >= 15 is 0 Å². The van der Waals surface area contributed by atoms with Crippen LogP contribution < -0.4 is 5.73 Å². The van der Waals surface area contributed by atoms with Gasteiger partial charge in [0.2, 0.25) is 0 Å². The largest absolute Gasteiger partial charge is 0.329 e. The van der Waals surface area contributed by atoms with Crippen LogP contribution in [0.4, 0.5) is 0 Å². The lowest BCUT2D eigenvalue weighted by atomic mass is 9.84. The summed E-state index contributed by atoms with van der Waals surface area (Å²) in [5.41, 5.74) is 7.27. The van der Waals surface area contributed by atoms with Crippen LogP contribution in [0, 0.1) is 5.92 Å². The number of nitrogens with zero attached hydrogens (tertiary/aromatic N) is 1. The van der Waals surface area contributed by atoms with Gasteiger partial charge in [-0.25, -0.2) is 0 Å². The Balaban J connectivity index is 2.24. The first-order chi connectivity index (χ1) is 9.54. The Morgan fingerprint density at radius 3 is 2.75 bits per heavy atom. The summed E-state index contributed by atoms with van der Waals surface area (Å²) in [4.78, 5) is 2.46. The molecule has 0 amide bonds. The number of nitrogens with two attached hydrogens (primary N) is 1. The van der Waals surface area contributed by atoms with Crippen molar-refractivity contribution in [2.24, 2.45) is 11.7 Å². The Hall–Kier alpha value is -0.0900. The van der Waals surface area contributed by atoms with Crippen LogP contribution in [0.3, 0.4) is 0 Å². The van der Waals surface area contributed by atoms with E-state index in [0.29, 0.717) is 12.6 Å². The Bertz CT molecular complexity index is 452. The maximum absolute atomic E-state index is 6.16. The van der Waals surface area contributed by atoms with Gasteiger partial charge in [-0.1, -0.05) is 47.3 Å². The molecule has 0 heterocycles. The van der Waals surface area contributed by atoms with Crippen molar-refractivity contribution in [3.63, 3.8) is 0 Å². The molecule has 1 aromatic rings. The van der Waals surface area contributed by atoms with Gasteiger partial charge in [0.15, 0.2) is 0 Å². The quantitative estimate of drug-likeness (QED) is 0.850. The topological polar surface area (TPSA) is 29.3 Å². The monoisotopic (exact) mass is 358 g/mol. The molecule has 20 heavy (non-hydrogen) atoms. The molecular weight excluding hydrogens is 336 g/mol. The number of halogens is 2. The van der Waals surface area contributed by atoms with E-state index in [1.807, 2.05) is 18.2 Å². The number of benzene rings is 1. The molecule has 1 aliphatic carbocycles. The second-order valence-corrected chi connectivity index (χ2v) is 7.20. The number of likely N-dealkylation sites (N-methyl/N-ethyl adjacent to an activating group) is 1. The van der Waals surface area contributed by atoms with E-state index < -0.39 is 0 Å². The smallest absolute Gasteiger partial charge is 0.0482 e. The fraction of sp³-hybridized carbons (Fsp3) is 0.625. The van der Waals surface area contributed by atoms with Crippen LogP contribution in [0.15, 0.2) is 22.7 Å². The Morgan fingerprint density at radius 2 is 2.10 bits per heavy atom. The van der Waals surface area contributed by atoms with Gasteiger partial charge in [-0.05, 0) is 49.6 Å². The molecule has 0 bridgehead atoms. The SMILES string of the molecule is CC1CCCCC1N(C)C(CN)c1cc(Cl)ccc1Br. The molecule has 0 radical (unpaired) electrons. The molecule has 1 aliphatic rings. The molecule has 2 N–H and O–H groups in total. The minimum Gasteiger partial charge on any atom is -0.329 e. The maximum Gasteiger partial charge on any atom is 0.0482 e. The molecule has 3 atom stereocenters. The molecule has 112 valence electrons. The Morgan fingerprint density at radius 1 is 1.40 bits per heavy atom. The zero-order chi connectivity index (χ0) is 14.7. The first-order valence-corrected chi connectivity index (χ1v) is 8.58. The molecule has 0 spiro atoms. The van der Waals surface area contributed by atoms with Crippen molar-refractivity contribution in [1.82, 2.24) is 4.90 Å². The summed E-state index contributed by atoms with van der Waals surface area (Å²) in [5.74, 6) is 0.737. The van der Waals surface area contributed by atoms with Gasteiger partial charge in [0.25, 0.3) is 0 Å². The molecule has 3 unspecified atom stereocenters. The molecule has 1 aromatic carbocycles. The van der Waals surface area contributed by atoms with E-state index in [0.717, 1.165) is 15.4 Å². The van der Waals surface area contributed by atoms with Crippen LogP contribution in [0.2, 0.25) is 5.02 Å². The van der Waals surface area contributed by atoms with E-state index in [9.17, 15) is 0 Å². The lowest BCUT2D eigenvalue weighted by molar-refractivity contribution is 0.0989. The third-order valence-corrected chi connectivity index (χ3v) is 5.58. The average Bonchev–Trinajstić information content (AvgIpc) is 2.44. The lowest BCUT2D eigenvalue weighted by Gasteiger charge is -2.41. The molecule has 0 saturated heterocycles. The van der Waals surface area contributed by atoms with Gasteiger partial charge in [0.05, 0.1) is 0 Å². The van der Waals surface area contributed by atoms with Gasteiger partial charge in [-0.2, -0.15) is 0 Å². The predicted molar refractivity (Wildman–Crippen MR) is 90.1 cm³/mol. The van der Waals surface area contributed by atoms with E-state index in [-0.39, 0.29) is 6.04 Å². The molecule has 1 saturated carbocycles. The summed E-state index contributed by atoms with van der Waals surface area (Å²) in [6, 6.07) is 6.79. The van der Waals surface area contributed by atoms with Crippen molar-refractivity contribution < 1.29 is 0 Å². The molecular formula is C16H24BrClN2. The van der Waals surface area contributed by atoms with Crippen molar-refractivity contribution in [3.8, 4) is 0 Å². The number of rotatable bonds is 4. The van der Waals surface area contributed by atoms with Gasteiger partial charge in [0, 0.05) is 28.1 Å². The maximum atomic E-state index is 6.16. The van der Waals surface area contributed by atoms with Crippen LogP contribution in [-0.2, 0) is 0 Å². The van der Waals surface area contributed by atoms with Gasteiger partial charge in [-0.3, -0.25) is 4.90 Å². The molecule has 4 heteroatoms. The summed E-state index contributed by atoms with van der Waals surface area (Å²) in [7, 11) is 2.21. The van der Waals surface area contributed by atoms with Gasteiger partial charge >= 0.3 is 0 Å². The zero-order valence-electron chi connectivity index (χ0n) is 12.3. The summed E-state index contributed by atoms with van der Waals surface area (Å²) in [5, 5.41) is 0.770. The molecule has 2 nitrogen and oxygen atoms in total. The van der Waals surface area contributed by atoms with Crippen molar-refractivity contribution in [1.29, 1.82) is 0 Å². The highest BCUT2D eigenvalue weighted by molar-refractivity contribution is 9.10. The molecule has 0 aliphatic heterocycles. The van der Waals surface area contributed by atoms with Gasteiger partial charge in [-0.15, -0.1) is 0 Å². The fourth-order valence-electron chi connectivity index (χ4n) is 3.42. The summed E-state index contributed by atoms with van der Waals surface area (Å²) in [6.45, 7) is 2.97. The first-order valence-electron chi connectivity index (χ1n) is 7.41. The van der Waals surface area contributed by atoms with Gasteiger partial charge in [0.1, 0.15) is 0 Å². The van der Waals surface area contributed by atoms with Crippen molar-refractivity contribution in [3.05, 3.63) is 33.3 Å². The second-order valence-electron chi connectivity index (χ2n) is 5.91. The van der Waals surface area contributed by atoms with E-state index in [1.54, 1.807) is 0 Å². The highest BCUT2D eigenvalue weighted by atomic mass is 79.9. The minimum atomic E-state index is 0.216. The van der Waals surface area contributed by atoms with Crippen molar-refractivity contribution in [2.75, 3.05) is 13.6 Å². The number of hydrogen-bond donors (Lipinski definition) is 1. The summed E-state index contributed by atoms with van der Waals surface area (Å²) in [6.07, 6.45) is 5.28. The molecule has 2 rings (SSSR count). The Kier molecular flexibility index (Phi) is 5.91. The third kappa shape index (κ3) is 3.56. The molecule has 0 aromatic heterocycles. The van der Waals surface area contributed by atoms with Crippen LogP contribution in [0.5, 0.6) is 0 Å². The predicted octanol–water partition coefficient (Wildman–Crippen LogP) is 4.61. The average molecular weight is 360 g/mol. The Labute approximate surface area is 135 Å². The van der Waals surface area contributed by atoms with Crippen LogP contribution in [-0.4, -0.2) is 24.5 Å². The van der Waals surface area contributed by atoms with E-state index in [1.165, 1.54) is 31.2 Å². The standard InChI is InChI=1S/C16H24BrClN2/c1-11-5-3-4-6-15(11)20(2)16(10-19)13-9-12(18)7-8-14(13)17/h7-9,11,15-16H,3-6,10,19H2,1-2H3. The summed E-state index contributed by atoms with van der Waals surface area (Å²) < 4.78 is 1.09. The lowest BCUT2D eigenvalue weighted by Crippen LogP contribution is -2.43. The normalized spacial score (nSPS) is 24.9. The van der Waals surface area contributed by atoms with Crippen LogP contribution >= 0.6 is 27.5 Å². The van der Waals surface area contributed by atoms with Gasteiger partial charge < -0.3 is 5.73 Å².